The number of thioether (sulfide) groups is 1. The fourth-order valence-electron chi connectivity index (χ4n) is 6.36. The fourth-order valence-corrected chi connectivity index (χ4v) is 7.70. The first-order valence-electron chi connectivity index (χ1n) is 13.1. The van der Waals surface area contributed by atoms with Gasteiger partial charge in [-0.2, -0.15) is 0 Å². The van der Waals surface area contributed by atoms with Crippen molar-refractivity contribution in [3.8, 4) is 11.3 Å². The quantitative estimate of drug-likeness (QED) is 0.344. The Morgan fingerprint density at radius 2 is 1.95 bits per heavy atom. The molecule has 1 N–H and O–H groups in total. The van der Waals surface area contributed by atoms with E-state index in [2.05, 4.69) is 10.2 Å². The summed E-state index contributed by atoms with van der Waals surface area (Å²) >= 11 is 7.08. The minimum atomic E-state index is -0.272. The number of benzene rings is 1. The molecule has 0 spiro atoms. The third-order valence-corrected chi connectivity index (χ3v) is 9.55. The molecule has 1 amide bonds. The molecule has 4 aliphatic rings. The molecule has 37 heavy (non-hydrogen) atoms. The van der Waals surface area contributed by atoms with Crippen LogP contribution in [0.2, 0.25) is 0 Å². The predicted molar refractivity (Wildman–Crippen MR) is 153 cm³/mol. The molecular formula is C28H33ClFN3O2S2. The largest absolute Gasteiger partial charge is 0.456 e. The number of furan rings is 1. The molecule has 2 aromatic rings. The predicted octanol–water partition coefficient (Wildman–Crippen LogP) is 5.74. The fraction of sp³-hybridized carbons (Fsp3) is 0.500. The number of aryl methyl sites for hydroxylation is 1. The second kappa shape index (κ2) is 11.6. The zero-order chi connectivity index (χ0) is 24.6. The molecular weight excluding hydrogens is 529 g/mol. The molecule has 5 nitrogen and oxygen atoms in total. The van der Waals surface area contributed by atoms with Crippen LogP contribution in [0.15, 0.2) is 39.7 Å². The first-order valence-corrected chi connectivity index (χ1v) is 14.4. The van der Waals surface area contributed by atoms with E-state index in [0.717, 1.165) is 69.0 Å². The van der Waals surface area contributed by atoms with Crippen molar-refractivity contribution in [1.82, 2.24) is 15.1 Å². The van der Waals surface area contributed by atoms with Crippen LogP contribution in [0.5, 0.6) is 0 Å². The van der Waals surface area contributed by atoms with Crippen LogP contribution in [0.3, 0.4) is 0 Å². The molecule has 2 saturated heterocycles. The number of hydrogen-bond acceptors (Lipinski definition) is 6. The van der Waals surface area contributed by atoms with Crippen LogP contribution in [0.25, 0.3) is 17.4 Å². The van der Waals surface area contributed by atoms with Crippen molar-refractivity contribution in [3.63, 3.8) is 0 Å². The van der Waals surface area contributed by atoms with Gasteiger partial charge in [-0.05, 0) is 86.4 Å². The topological polar surface area (TPSA) is 48.7 Å². The number of carbonyl (C=O) groups excluding carboxylic acids is 1. The smallest absolute Gasteiger partial charge is 0.266 e. The molecule has 2 aliphatic carbocycles. The lowest BCUT2D eigenvalue weighted by Gasteiger charge is -2.30. The highest BCUT2D eigenvalue weighted by atomic mass is 35.5. The number of nitrogens with one attached hydrogen (secondary N) is 1. The SMILES string of the molecule is Cl.O=C1/C(=C\c2oc(-c3ccc(F)cc3)cc2CCCN2CCNCC2)SC(=S)N1C1CC2CCC1C2. The van der Waals surface area contributed by atoms with Crippen molar-refractivity contribution < 1.29 is 13.6 Å². The highest BCUT2D eigenvalue weighted by Gasteiger charge is 2.48. The van der Waals surface area contributed by atoms with Gasteiger partial charge < -0.3 is 14.6 Å². The first kappa shape index (κ1) is 26.9. The molecule has 1 aromatic heterocycles. The Morgan fingerprint density at radius 3 is 2.65 bits per heavy atom. The number of fused-ring (bicyclic) bond motifs is 2. The Kier molecular flexibility index (Phi) is 8.41. The summed E-state index contributed by atoms with van der Waals surface area (Å²) in [5.74, 6) is 2.50. The summed E-state index contributed by atoms with van der Waals surface area (Å²) < 4.78 is 20.5. The van der Waals surface area contributed by atoms with Gasteiger partial charge >= 0.3 is 0 Å². The molecule has 2 saturated carbocycles. The maximum absolute atomic E-state index is 13.5. The number of halogens is 2. The summed E-state index contributed by atoms with van der Waals surface area (Å²) in [6, 6.07) is 8.66. The molecule has 6 rings (SSSR count). The monoisotopic (exact) mass is 561 g/mol. The molecule has 3 heterocycles. The van der Waals surface area contributed by atoms with E-state index in [1.807, 2.05) is 17.0 Å². The summed E-state index contributed by atoms with van der Waals surface area (Å²) in [5, 5.41) is 3.40. The highest BCUT2D eigenvalue weighted by Crippen LogP contribution is 2.49. The van der Waals surface area contributed by atoms with Crippen molar-refractivity contribution in [2.45, 2.75) is 44.6 Å². The van der Waals surface area contributed by atoms with Gasteiger partial charge in [0, 0.05) is 43.9 Å². The van der Waals surface area contributed by atoms with Crippen molar-refractivity contribution in [2.24, 2.45) is 11.8 Å². The van der Waals surface area contributed by atoms with Crippen LogP contribution in [0, 0.1) is 17.7 Å². The van der Waals surface area contributed by atoms with Crippen molar-refractivity contribution >= 4 is 52.7 Å². The van der Waals surface area contributed by atoms with Gasteiger partial charge in [-0.15, -0.1) is 12.4 Å². The summed E-state index contributed by atoms with van der Waals surface area (Å²) in [7, 11) is 0. The number of piperazine rings is 1. The Bertz CT molecular complexity index is 1180. The molecule has 4 fully saturated rings. The molecule has 2 aliphatic heterocycles. The second-order valence-corrected chi connectivity index (χ2v) is 12.2. The number of thiocarbonyl (C=S) groups is 1. The summed E-state index contributed by atoms with van der Waals surface area (Å²) in [4.78, 5) is 18.5. The standard InChI is InChI=1S/C28H32FN3O2S2.ClH/c29-22-7-5-19(6-8-22)24-16-21(2-1-11-31-12-9-30-10-13-31)25(34-24)17-26-27(33)32(28(35)36-26)23-15-18-3-4-20(23)14-18;/h5-8,16-18,20,23,30H,1-4,9-15H2;1H/b26-17+;. The van der Waals surface area contributed by atoms with Gasteiger partial charge in [0.1, 0.15) is 21.7 Å². The van der Waals surface area contributed by atoms with E-state index in [9.17, 15) is 9.18 Å². The molecule has 3 unspecified atom stereocenters. The summed E-state index contributed by atoms with van der Waals surface area (Å²) in [6.45, 7) is 5.26. The summed E-state index contributed by atoms with van der Waals surface area (Å²) in [5.41, 5.74) is 1.91. The lowest BCUT2D eigenvalue weighted by atomic mass is 9.94. The van der Waals surface area contributed by atoms with Gasteiger partial charge in [0.05, 0.1) is 4.91 Å². The average molecular weight is 562 g/mol. The van der Waals surface area contributed by atoms with Gasteiger partial charge in [-0.3, -0.25) is 9.69 Å². The lowest BCUT2D eigenvalue weighted by Crippen LogP contribution is -2.43. The van der Waals surface area contributed by atoms with Crippen molar-refractivity contribution in [3.05, 3.63) is 52.4 Å². The molecule has 0 radical (unpaired) electrons. The first-order chi connectivity index (χ1) is 17.5. The van der Waals surface area contributed by atoms with Crippen LogP contribution in [0.1, 0.15) is 43.4 Å². The number of carbonyl (C=O) groups is 1. The molecule has 9 heteroatoms. The third kappa shape index (κ3) is 5.69. The Balaban J connectivity index is 0.00000280. The number of amides is 1. The van der Waals surface area contributed by atoms with Gasteiger partial charge in [-0.25, -0.2) is 4.39 Å². The van der Waals surface area contributed by atoms with E-state index in [-0.39, 0.29) is 30.2 Å². The number of nitrogens with zero attached hydrogens (tertiary/aromatic N) is 2. The van der Waals surface area contributed by atoms with Crippen LogP contribution in [-0.4, -0.2) is 58.8 Å². The van der Waals surface area contributed by atoms with Crippen molar-refractivity contribution in [2.75, 3.05) is 32.7 Å². The van der Waals surface area contributed by atoms with Gasteiger partial charge in [0.2, 0.25) is 0 Å². The maximum Gasteiger partial charge on any atom is 0.266 e. The van der Waals surface area contributed by atoms with E-state index in [4.69, 9.17) is 16.6 Å². The van der Waals surface area contributed by atoms with Gasteiger partial charge in [-0.1, -0.05) is 30.4 Å². The molecule has 3 atom stereocenters. The van der Waals surface area contributed by atoms with E-state index < -0.39 is 0 Å². The molecule has 198 valence electrons. The number of hydrogen-bond donors (Lipinski definition) is 1. The van der Waals surface area contributed by atoms with E-state index in [1.54, 1.807) is 12.1 Å². The van der Waals surface area contributed by atoms with E-state index >= 15 is 0 Å². The van der Waals surface area contributed by atoms with E-state index in [1.165, 1.54) is 43.2 Å². The van der Waals surface area contributed by atoms with Crippen LogP contribution in [-0.2, 0) is 11.2 Å². The molecule has 1 aromatic carbocycles. The number of rotatable bonds is 7. The zero-order valence-corrected chi connectivity index (χ0v) is 23.2. The molecule has 2 bridgehead atoms. The Labute approximate surface area is 233 Å². The average Bonchev–Trinajstić information content (AvgIpc) is 3.66. The van der Waals surface area contributed by atoms with Gasteiger partial charge in [0.15, 0.2) is 0 Å². The summed E-state index contributed by atoms with van der Waals surface area (Å²) in [6.07, 6.45) is 8.57. The second-order valence-electron chi connectivity index (χ2n) is 10.5. The zero-order valence-electron chi connectivity index (χ0n) is 20.8. The van der Waals surface area contributed by atoms with Crippen LogP contribution < -0.4 is 5.32 Å². The minimum Gasteiger partial charge on any atom is -0.456 e. The third-order valence-electron chi connectivity index (χ3n) is 8.22. The van der Waals surface area contributed by atoms with Gasteiger partial charge in [0.25, 0.3) is 5.91 Å². The normalized spacial score (nSPS) is 26.9. The van der Waals surface area contributed by atoms with Crippen LogP contribution >= 0.6 is 36.4 Å². The Morgan fingerprint density at radius 1 is 1.16 bits per heavy atom. The lowest BCUT2D eigenvalue weighted by molar-refractivity contribution is -0.124. The maximum atomic E-state index is 13.5. The van der Waals surface area contributed by atoms with E-state index in [0.29, 0.717) is 26.7 Å². The highest BCUT2D eigenvalue weighted by molar-refractivity contribution is 8.26. The van der Waals surface area contributed by atoms with Crippen LogP contribution in [0.4, 0.5) is 4.39 Å². The Hall–Kier alpha value is -1.71. The van der Waals surface area contributed by atoms with Crippen molar-refractivity contribution in [1.29, 1.82) is 0 Å². The minimum absolute atomic E-state index is 0.